The Labute approximate surface area is 164 Å². The van der Waals surface area contributed by atoms with Gasteiger partial charge in [0.1, 0.15) is 0 Å². The Morgan fingerprint density at radius 1 is 1.00 bits per heavy atom. The number of amides is 1. The van der Waals surface area contributed by atoms with Crippen LogP contribution in [0.3, 0.4) is 0 Å². The molecule has 0 spiro atoms. The van der Waals surface area contributed by atoms with Crippen LogP contribution in [0.2, 0.25) is 0 Å². The number of nitrogens with zero attached hydrogens (tertiary/aromatic N) is 3. The summed E-state index contributed by atoms with van der Waals surface area (Å²) in [5, 5.41) is 4.37. The summed E-state index contributed by atoms with van der Waals surface area (Å²) in [4.78, 5) is 14.6. The van der Waals surface area contributed by atoms with Crippen molar-refractivity contribution in [3.05, 3.63) is 66.0 Å². The van der Waals surface area contributed by atoms with E-state index in [0.717, 1.165) is 11.3 Å². The molecule has 0 bridgehead atoms. The van der Waals surface area contributed by atoms with Crippen LogP contribution < -0.4 is 14.2 Å². The lowest BCUT2D eigenvalue weighted by Crippen LogP contribution is -2.26. The number of para-hydroxylation sites is 1. The highest BCUT2D eigenvalue weighted by molar-refractivity contribution is 5.98. The first-order chi connectivity index (χ1) is 13.6. The fourth-order valence-corrected chi connectivity index (χ4v) is 2.98. The average Bonchev–Trinajstić information content (AvgIpc) is 3.20. The molecule has 3 aromatic rings. The van der Waals surface area contributed by atoms with Crippen LogP contribution in [-0.4, -0.2) is 49.0 Å². The smallest absolute Gasteiger partial charge is 0.257 e. The van der Waals surface area contributed by atoms with Crippen LogP contribution in [-0.2, 0) is 6.54 Å². The van der Waals surface area contributed by atoms with Gasteiger partial charge in [0.15, 0.2) is 11.5 Å². The second-order valence-electron chi connectivity index (χ2n) is 6.17. The van der Waals surface area contributed by atoms with Crippen LogP contribution >= 0.6 is 0 Å². The van der Waals surface area contributed by atoms with Gasteiger partial charge in [-0.25, -0.2) is 4.68 Å². The van der Waals surface area contributed by atoms with Crippen molar-refractivity contribution >= 4 is 5.91 Å². The molecule has 0 radical (unpaired) electrons. The van der Waals surface area contributed by atoms with E-state index in [9.17, 15) is 4.79 Å². The predicted octanol–water partition coefficient (Wildman–Crippen LogP) is 3.17. The summed E-state index contributed by atoms with van der Waals surface area (Å²) in [6.07, 6.45) is 3.66. The summed E-state index contributed by atoms with van der Waals surface area (Å²) < 4.78 is 17.8. The molecule has 2 aromatic carbocycles. The minimum atomic E-state index is -0.190. The second-order valence-corrected chi connectivity index (χ2v) is 6.17. The summed E-state index contributed by atoms with van der Waals surface area (Å²) in [5.74, 6) is 1.05. The summed E-state index contributed by atoms with van der Waals surface area (Å²) in [5.41, 5.74) is 2.28. The zero-order valence-electron chi connectivity index (χ0n) is 16.4. The van der Waals surface area contributed by atoms with E-state index in [1.807, 2.05) is 36.5 Å². The minimum absolute atomic E-state index is 0.190. The lowest BCUT2D eigenvalue weighted by atomic mass is 10.1. The summed E-state index contributed by atoms with van der Waals surface area (Å²) in [6, 6.07) is 13.2. The van der Waals surface area contributed by atoms with Gasteiger partial charge in [0.2, 0.25) is 5.75 Å². The fraction of sp³-hybridized carbons (Fsp3) is 0.238. The van der Waals surface area contributed by atoms with E-state index >= 15 is 0 Å². The Bertz CT molecular complexity index is 954. The molecule has 146 valence electrons. The molecule has 0 aliphatic carbocycles. The Hall–Kier alpha value is -3.48. The van der Waals surface area contributed by atoms with Gasteiger partial charge in [-0.3, -0.25) is 4.79 Å². The molecule has 0 saturated heterocycles. The van der Waals surface area contributed by atoms with E-state index in [0.29, 0.717) is 29.4 Å². The largest absolute Gasteiger partial charge is 0.493 e. The summed E-state index contributed by atoms with van der Waals surface area (Å²) in [6.45, 7) is 0.406. The molecule has 0 saturated carbocycles. The van der Waals surface area contributed by atoms with Crippen molar-refractivity contribution in [2.45, 2.75) is 6.54 Å². The zero-order valence-corrected chi connectivity index (χ0v) is 16.4. The first-order valence-corrected chi connectivity index (χ1v) is 8.72. The minimum Gasteiger partial charge on any atom is -0.493 e. The molecule has 7 heteroatoms. The van der Waals surface area contributed by atoms with E-state index < -0.39 is 0 Å². The maximum Gasteiger partial charge on any atom is 0.257 e. The number of benzene rings is 2. The molecule has 0 atom stereocenters. The van der Waals surface area contributed by atoms with E-state index in [4.69, 9.17) is 14.2 Å². The van der Waals surface area contributed by atoms with Crippen molar-refractivity contribution in [3.8, 4) is 22.9 Å². The monoisotopic (exact) mass is 381 g/mol. The van der Waals surface area contributed by atoms with Gasteiger partial charge in [-0.05, 0) is 24.3 Å². The molecule has 0 N–H and O–H groups in total. The Kier molecular flexibility index (Phi) is 5.84. The topological polar surface area (TPSA) is 65.8 Å². The quantitative estimate of drug-likeness (QED) is 0.629. The van der Waals surface area contributed by atoms with Gasteiger partial charge in [0, 0.05) is 25.4 Å². The van der Waals surface area contributed by atoms with Crippen LogP contribution in [0.4, 0.5) is 0 Å². The van der Waals surface area contributed by atoms with Crippen molar-refractivity contribution in [1.29, 1.82) is 0 Å². The molecular weight excluding hydrogens is 358 g/mol. The number of methoxy groups -OCH3 is 3. The number of hydrogen-bond donors (Lipinski definition) is 0. The molecule has 0 aliphatic heterocycles. The van der Waals surface area contributed by atoms with Gasteiger partial charge in [-0.1, -0.05) is 18.2 Å². The molecule has 7 nitrogen and oxygen atoms in total. The highest BCUT2D eigenvalue weighted by Gasteiger charge is 2.23. The standard InChI is InChI=1S/C21H23N3O4/c1-23(13-15-12-22-24(14-15)16-8-6-5-7-9-16)21(25)17-10-11-18(26-2)20(28-4)19(17)27-3/h5-12,14H,13H2,1-4H3. The third-order valence-electron chi connectivity index (χ3n) is 4.36. The van der Waals surface area contributed by atoms with Crippen molar-refractivity contribution in [2.24, 2.45) is 0 Å². The van der Waals surface area contributed by atoms with Gasteiger partial charge in [0.25, 0.3) is 5.91 Å². The van der Waals surface area contributed by atoms with E-state index in [1.165, 1.54) is 21.3 Å². The SMILES string of the molecule is COc1ccc(C(=O)N(C)Cc2cnn(-c3ccccc3)c2)c(OC)c1OC. The van der Waals surface area contributed by atoms with Gasteiger partial charge in [-0.15, -0.1) is 0 Å². The predicted molar refractivity (Wildman–Crippen MR) is 105 cm³/mol. The molecule has 1 heterocycles. The maximum absolute atomic E-state index is 13.0. The zero-order chi connectivity index (χ0) is 20.1. The van der Waals surface area contributed by atoms with Crippen molar-refractivity contribution in [3.63, 3.8) is 0 Å². The highest BCUT2D eigenvalue weighted by Crippen LogP contribution is 2.40. The number of carbonyl (C=O) groups excluding carboxylic acids is 1. The lowest BCUT2D eigenvalue weighted by molar-refractivity contribution is 0.0781. The number of rotatable bonds is 7. The second kappa shape index (κ2) is 8.47. The van der Waals surface area contributed by atoms with Crippen LogP contribution in [0.15, 0.2) is 54.9 Å². The molecule has 0 unspecified atom stereocenters. The summed E-state index contributed by atoms with van der Waals surface area (Å²) in [7, 11) is 6.28. The van der Waals surface area contributed by atoms with E-state index in [1.54, 1.807) is 35.0 Å². The molecular formula is C21H23N3O4. The van der Waals surface area contributed by atoms with Gasteiger partial charge in [-0.2, -0.15) is 5.10 Å². The highest BCUT2D eigenvalue weighted by atomic mass is 16.5. The third-order valence-corrected chi connectivity index (χ3v) is 4.36. The molecule has 0 aliphatic rings. The number of hydrogen-bond acceptors (Lipinski definition) is 5. The van der Waals surface area contributed by atoms with Crippen molar-refractivity contribution in [1.82, 2.24) is 14.7 Å². The molecule has 1 aromatic heterocycles. The maximum atomic E-state index is 13.0. The van der Waals surface area contributed by atoms with E-state index in [2.05, 4.69) is 5.10 Å². The molecule has 28 heavy (non-hydrogen) atoms. The van der Waals surface area contributed by atoms with Crippen LogP contribution in [0.25, 0.3) is 5.69 Å². The molecule has 0 fully saturated rings. The molecule has 3 rings (SSSR count). The number of carbonyl (C=O) groups is 1. The first kappa shape index (κ1) is 19.3. The van der Waals surface area contributed by atoms with Gasteiger partial charge >= 0.3 is 0 Å². The van der Waals surface area contributed by atoms with Crippen LogP contribution in [0, 0.1) is 0 Å². The van der Waals surface area contributed by atoms with Crippen molar-refractivity contribution in [2.75, 3.05) is 28.4 Å². The third kappa shape index (κ3) is 3.78. The molecule has 1 amide bonds. The Balaban J connectivity index is 1.81. The first-order valence-electron chi connectivity index (χ1n) is 8.72. The summed E-state index contributed by atoms with van der Waals surface area (Å²) >= 11 is 0. The number of aromatic nitrogens is 2. The van der Waals surface area contributed by atoms with Gasteiger partial charge in [0.05, 0.1) is 38.8 Å². The fourth-order valence-electron chi connectivity index (χ4n) is 2.98. The van der Waals surface area contributed by atoms with Gasteiger partial charge < -0.3 is 19.1 Å². The Morgan fingerprint density at radius 3 is 2.36 bits per heavy atom. The normalized spacial score (nSPS) is 10.4. The average molecular weight is 381 g/mol. The van der Waals surface area contributed by atoms with Crippen molar-refractivity contribution < 1.29 is 19.0 Å². The Morgan fingerprint density at radius 2 is 1.71 bits per heavy atom. The van der Waals surface area contributed by atoms with E-state index in [-0.39, 0.29) is 5.91 Å². The lowest BCUT2D eigenvalue weighted by Gasteiger charge is -2.20. The van der Waals surface area contributed by atoms with Crippen LogP contribution in [0.5, 0.6) is 17.2 Å². The van der Waals surface area contributed by atoms with Crippen LogP contribution in [0.1, 0.15) is 15.9 Å². The number of ether oxygens (including phenoxy) is 3.